The minimum absolute atomic E-state index is 0.432. The number of rotatable bonds is 4. The van der Waals surface area contributed by atoms with Crippen molar-refractivity contribution in [2.75, 3.05) is 14.2 Å². The lowest BCUT2D eigenvalue weighted by Crippen LogP contribution is -1.93. The molecule has 0 radical (unpaired) electrons. The van der Waals surface area contributed by atoms with Gasteiger partial charge in [-0.1, -0.05) is 0 Å². The van der Waals surface area contributed by atoms with E-state index in [1.165, 1.54) is 0 Å². The number of hydrogen-bond donors (Lipinski definition) is 0. The van der Waals surface area contributed by atoms with Crippen LogP contribution in [0.2, 0.25) is 0 Å². The highest BCUT2D eigenvalue weighted by Gasteiger charge is 2.18. The zero-order chi connectivity index (χ0) is 17.4. The van der Waals surface area contributed by atoms with Crippen LogP contribution in [0.1, 0.15) is 5.69 Å². The minimum atomic E-state index is 0.432. The zero-order valence-corrected chi connectivity index (χ0v) is 14.1. The number of ether oxygens (including phenoxy) is 2. The molecular weight excluding hydrogens is 320 g/mol. The maximum absolute atomic E-state index is 5.83. The first-order valence-corrected chi connectivity index (χ1v) is 7.70. The van der Waals surface area contributed by atoms with Gasteiger partial charge in [-0.3, -0.25) is 4.98 Å². The third kappa shape index (κ3) is 2.50. The Bertz CT molecular complexity index is 1040. The van der Waals surface area contributed by atoms with Gasteiger partial charge in [0.2, 0.25) is 5.89 Å². The Kier molecular flexibility index (Phi) is 3.61. The van der Waals surface area contributed by atoms with Crippen LogP contribution in [0.4, 0.5) is 0 Å². The Morgan fingerprint density at radius 3 is 2.60 bits per heavy atom. The van der Waals surface area contributed by atoms with Crippen LogP contribution in [-0.2, 0) is 0 Å². The topological polar surface area (TPSA) is 74.7 Å². The SMILES string of the molecule is COc1ccc(-c2nn3c(-c4cccnc4)c(C)nc3o2)cc1OC. The van der Waals surface area contributed by atoms with Gasteiger partial charge in [0.15, 0.2) is 11.5 Å². The van der Waals surface area contributed by atoms with Gasteiger partial charge in [-0.05, 0) is 37.3 Å². The predicted octanol–water partition coefficient (Wildman–Crippen LogP) is 3.38. The first kappa shape index (κ1) is 15.2. The van der Waals surface area contributed by atoms with Crippen molar-refractivity contribution >= 4 is 5.84 Å². The Balaban J connectivity index is 1.84. The molecule has 0 saturated carbocycles. The molecule has 7 heteroatoms. The number of aryl methyl sites for hydroxylation is 1. The van der Waals surface area contributed by atoms with Gasteiger partial charge in [-0.25, -0.2) is 0 Å². The summed E-state index contributed by atoms with van der Waals surface area (Å²) in [6, 6.07) is 9.34. The molecule has 1 aromatic carbocycles. The van der Waals surface area contributed by atoms with E-state index in [1.54, 1.807) is 31.1 Å². The van der Waals surface area contributed by atoms with Crippen LogP contribution in [-0.4, -0.2) is 33.8 Å². The van der Waals surface area contributed by atoms with E-state index in [1.807, 2.05) is 37.3 Å². The highest BCUT2D eigenvalue weighted by atomic mass is 16.5. The number of fused-ring (bicyclic) bond motifs is 1. The summed E-state index contributed by atoms with van der Waals surface area (Å²) in [7, 11) is 3.19. The van der Waals surface area contributed by atoms with E-state index in [0.29, 0.717) is 23.2 Å². The summed E-state index contributed by atoms with van der Waals surface area (Å²) in [4.78, 5) is 8.63. The smallest absolute Gasteiger partial charge is 0.325 e. The van der Waals surface area contributed by atoms with Gasteiger partial charge >= 0.3 is 5.84 Å². The standard InChI is InChI=1S/C18H16N4O3/c1-11-16(13-5-4-8-19-10-13)22-18(20-11)25-17(21-22)12-6-7-14(23-2)15(9-12)24-3/h4-10H,1-3H3. The lowest BCUT2D eigenvalue weighted by Gasteiger charge is -2.07. The highest BCUT2D eigenvalue weighted by molar-refractivity contribution is 5.66. The Morgan fingerprint density at radius 1 is 1.04 bits per heavy atom. The van der Waals surface area contributed by atoms with Crippen molar-refractivity contribution in [1.82, 2.24) is 19.6 Å². The third-order valence-corrected chi connectivity index (χ3v) is 3.94. The number of nitrogens with zero attached hydrogens (tertiary/aromatic N) is 4. The van der Waals surface area contributed by atoms with Crippen molar-refractivity contribution < 1.29 is 13.9 Å². The molecule has 3 aromatic heterocycles. The predicted molar refractivity (Wildman–Crippen MR) is 91.8 cm³/mol. The van der Waals surface area contributed by atoms with Crippen LogP contribution in [0.25, 0.3) is 28.6 Å². The van der Waals surface area contributed by atoms with E-state index in [9.17, 15) is 0 Å². The molecule has 7 nitrogen and oxygen atoms in total. The van der Waals surface area contributed by atoms with E-state index in [0.717, 1.165) is 22.5 Å². The molecule has 0 aliphatic rings. The Morgan fingerprint density at radius 2 is 1.88 bits per heavy atom. The average Bonchev–Trinajstić information content (AvgIpc) is 3.18. The van der Waals surface area contributed by atoms with Crippen molar-refractivity contribution in [2.24, 2.45) is 0 Å². The maximum atomic E-state index is 5.83. The highest BCUT2D eigenvalue weighted by Crippen LogP contribution is 2.33. The lowest BCUT2D eigenvalue weighted by molar-refractivity contribution is 0.355. The van der Waals surface area contributed by atoms with Crippen molar-refractivity contribution in [3.63, 3.8) is 0 Å². The van der Waals surface area contributed by atoms with E-state index < -0.39 is 0 Å². The molecule has 0 N–H and O–H groups in total. The van der Waals surface area contributed by atoms with Crippen LogP contribution in [0, 0.1) is 6.92 Å². The lowest BCUT2D eigenvalue weighted by atomic mass is 10.2. The molecule has 0 amide bonds. The van der Waals surface area contributed by atoms with Crippen molar-refractivity contribution in [3.8, 4) is 34.2 Å². The van der Waals surface area contributed by atoms with Gasteiger partial charge in [-0.15, -0.1) is 5.10 Å². The summed E-state index contributed by atoms with van der Waals surface area (Å²) >= 11 is 0. The number of hydrogen-bond acceptors (Lipinski definition) is 6. The monoisotopic (exact) mass is 336 g/mol. The molecule has 0 saturated heterocycles. The number of methoxy groups -OCH3 is 2. The van der Waals surface area contributed by atoms with Crippen LogP contribution < -0.4 is 9.47 Å². The van der Waals surface area contributed by atoms with E-state index >= 15 is 0 Å². The summed E-state index contributed by atoms with van der Waals surface area (Å²) < 4.78 is 18.1. The Hall–Kier alpha value is -3.35. The second kappa shape index (κ2) is 5.94. The van der Waals surface area contributed by atoms with Crippen molar-refractivity contribution in [1.29, 1.82) is 0 Å². The molecule has 0 spiro atoms. The van der Waals surface area contributed by atoms with Gasteiger partial charge < -0.3 is 13.9 Å². The summed E-state index contributed by atoms with van der Waals surface area (Å²) in [5.74, 6) is 2.14. The molecule has 0 fully saturated rings. The summed E-state index contributed by atoms with van der Waals surface area (Å²) in [5, 5.41) is 4.57. The van der Waals surface area contributed by atoms with Gasteiger partial charge in [0, 0.05) is 23.5 Å². The second-order valence-corrected chi connectivity index (χ2v) is 5.46. The molecule has 3 heterocycles. The third-order valence-electron chi connectivity index (χ3n) is 3.94. The van der Waals surface area contributed by atoms with Gasteiger partial charge in [-0.2, -0.15) is 9.50 Å². The van der Waals surface area contributed by atoms with Crippen molar-refractivity contribution in [2.45, 2.75) is 6.92 Å². The minimum Gasteiger partial charge on any atom is -0.493 e. The maximum Gasteiger partial charge on any atom is 0.325 e. The van der Waals surface area contributed by atoms with Crippen LogP contribution in [0.3, 0.4) is 0 Å². The summed E-state index contributed by atoms with van der Waals surface area (Å²) in [6.07, 6.45) is 3.51. The van der Waals surface area contributed by atoms with E-state index in [4.69, 9.17) is 13.9 Å². The number of pyridine rings is 1. The number of imidazole rings is 1. The summed E-state index contributed by atoms with van der Waals surface area (Å²) in [5.41, 5.74) is 3.40. The average molecular weight is 336 g/mol. The van der Waals surface area contributed by atoms with Crippen LogP contribution >= 0.6 is 0 Å². The molecule has 4 aromatic rings. The fraction of sp³-hybridized carbons (Fsp3) is 0.167. The molecular formula is C18H16N4O3. The fourth-order valence-electron chi connectivity index (χ4n) is 2.77. The normalized spacial score (nSPS) is 11.0. The largest absolute Gasteiger partial charge is 0.493 e. The quantitative estimate of drug-likeness (QED) is 0.569. The first-order chi connectivity index (χ1) is 12.2. The zero-order valence-electron chi connectivity index (χ0n) is 14.1. The molecule has 0 aliphatic carbocycles. The van der Waals surface area contributed by atoms with Gasteiger partial charge in [0.25, 0.3) is 0 Å². The Labute approximate surface area is 143 Å². The molecule has 25 heavy (non-hydrogen) atoms. The molecule has 0 aliphatic heterocycles. The van der Waals surface area contributed by atoms with E-state index in [2.05, 4.69) is 15.1 Å². The molecule has 0 bridgehead atoms. The number of aromatic nitrogens is 4. The molecule has 0 unspecified atom stereocenters. The fourth-order valence-corrected chi connectivity index (χ4v) is 2.77. The van der Waals surface area contributed by atoms with Crippen molar-refractivity contribution in [3.05, 3.63) is 48.4 Å². The van der Waals surface area contributed by atoms with Crippen LogP contribution in [0.5, 0.6) is 11.5 Å². The molecule has 126 valence electrons. The summed E-state index contributed by atoms with van der Waals surface area (Å²) in [6.45, 7) is 1.92. The van der Waals surface area contributed by atoms with Gasteiger partial charge in [0.05, 0.1) is 19.9 Å². The van der Waals surface area contributed by atoms with E-state index in [-0.39, 0.29) is 0 Å². The first-order valence-electron chi connectivity index (χ1n) is 7.70. The van der Waals surface area contributed by atoms with Gasteiger partial charge in [0.1, 0.15) is 5.69 Å². The number of benzene rings is 1. The molecule has 4 rings (SSSR count). The second-order valence-electron chi connectivity index (χ2n) is 5.46. The van der Waals surface area contributed by atoms with Crippen LogP contribution in [0.15, 0.2) is 47.1 Å². The molecule has 0 atom stereocenters.